The van der Waals surface area contributed by atoms with Gasteiger partial charge >= 0.3 is 16.2 Å². The Labute approximate surface area is 223 Å². The molecule has 0 bridgehead atoms. The van der Waals surface area contributed by atoms with Crippen LogP contribution in [0.3, 0.4) is 0 Å². The summed E-state index contributed by atoms with van der Waals surface area (Å²) in [7, 11) is -9.07. The molecule has 1 aliphatic rings. The van der Waals surface area contributed by atoms with Crippen LogP contribution in [0, 0.1) is 0 Å². The van der Waals surface area contributed by atoms with Crippen LogP contribution >= 0.6 is 10.2 Å². The molecule has 0 saturated heterocycles. The number of phenolic OH excluding ortho intramolecular Hbond substituents is 1. The number of guanidine groups is 1. The Morgan fingerprint density at radius 2 is 1.88 bits per heavy atom. The standard InChI is InChI=1S/C23H25F6N5O5S/c1-39-21(37)9-19(13-3-2-4-18(7-13)40(25,26,27,28)29)34-20(36)12-30-22(38)14-5-16(8-17(35)6-14)33-23-31-10-15(24)11-32-23/h2-8,15,19,35H,9-12H2,1H3,(H,30,38)(H,34,36)(H2,31,32,33)/t19-/m0/s1. The van der Waals surface area contributed by atoms with Crippen LogP contribution in [0.15, 0.2) is 52.4 Å². The highest BCUT2D eigenvalue weighted by molar-refractivity contribution is 8.45. The van der Waals surface area contributed by atoms with Gasteiger partial charge in [0.05, 0.1) is 39.2 Å². The van der Waals surface area contributed by atoms with Crippen LogP contribution in [0.2, 0.25) is 0 Å². The molecule has 0 aliphatic carbocycles. The molecule has 2 aromatic rings. The second-order valence-corrected chi connectivity index (χ2v) is 11.1. The molecule has 0 radical (unpaired) electrons. The molecule has 17 heteroatoms. The number of anilines is 1. The number of alkyl halides is 1. The number of rotatable bonds is 9. The number of esters is 1. The average molecular weight is 598 g/mol. The summed E-state index contributed by atoms with van der Waals surface area (Å²) >= 11 is 0. The van der Waals surface area contributed by atoms with Crippen molar-refractivity contribution in [2.24, 2.45) is 4.99 Å². The van der Waals surface area contributed by atoms with Crippen LogP contribution in [0.5, 0.6) is 5.75 Å². The largest absolute Gasteiger partial charge is 0.508 e. The van der Waals surface area contributed by atoms with Crippen LogP contribution in [0.1, 0.15) is 28.4 Å². The summed E-state index contributed by atoms with van der Waals surface area (Å²) in [5, 5.41) is 19.9. The summed E-state index contributed by atoms with van der Waals surface area (Å²) in [6.45, 7) is -0.811. The van der Waals surface area contributed by atoms with Crippen LogP contribution in [0.4, 0.5) is 29.5 Å². The Bertz CT molecular complexity index is 1340. The fourth-order valence-corrected chi connectivity index (χ4v) is 4.23. The van der Waals surface area contributed by atoms with Gasteiger partial charge in [-0.1, -0.05) is 31.6 Å². The van der Waals surface area contributed by atoms with Crippen LogP contribution in [-0.4, -0.2) is 61.8 Å². The maximum atomic E-state index is 13.3. The van der Waals surface area contributed by atoms with Crippen LogP contribution in [-0.2, 0) is 14.3 Å². The first kappa shape index (κ1) is 30.4. The van der Waals surface area contributed by atoms with Gasteiger partial charge in [0.25, 0.3) is 5.91 Å². The van der Waals surface area contributed by atoms with E-state index in [1.54, 1.807) is 0 Å². The van der Waals surface area contributed by atoms with Gasteiger partial charge in [0.2, 0.25) is 5.91 Å². The molecule has 2 aromatic carbocycles. The Kier molecular flexibility index (Phi) is 8.19. The van der Waals surface area contributed by atoms with Crippen LogP contribution < -0.4 is 21.3 Å². The molecular weight excluding hydrogens is 572 g/mol. The topological polar surface area (TPSA) is 141 Å². The Morgan fingerprint density at radius 1 is 1.15 bits per heavy atom. The number of nitrogens with zero attached hydrogens (tertiary/aromatic N) is 1. The molecule has 0 fully saturated rings. The zero-order chi connectivity index (χ0) is 29.8. The molecule has 40 heavy (non-hydrogen) atoms. The molecule has 2 amide bonds. The molecule has 0 aromatic heterocycles. The van der Waals surface area contributed by atoms with Gasteiger partial charge in [-0.25, -0.2) is 9.38 Å². The third-order valence-electron chi connectivity index (χ3n) is 5.43. The first-order chi connectivity index (χ1) is 18.4. The highest BCUT2D eigenvalue weighted by Crippen LogP contribution is 3.02. The van der Waals surface area contributed by atoms with Crippen molar-refractivity contribution in [1.82, 2.24) is 16.0 Å². The number of carbonyl (C=O) groups excluding carboxylic acids is 3. The van der Waals surface area contributed by atoms with Gasteiger partial charge in [0.15, 0.2) is 5.96 Å². The molecule has 5 N–H and O–H groups in total. The number of methoxy groups -OCH3 is 1. The number of aromatic hydroxyl groups is 1. The van der Waals surface area contributed by atoms with Crippen molar-refractivity contribution in [3.8, 4) is 5.75 Å². The molecule has 10 nitrogen and oxygen atoms in total. The number of phenols is 1. The van der Waals surface area contributed by atoms with Gasteiger partial charge in [-0.15, -0.1) is 0 Å². The minimum atomic E-state index is -10.1. The molecule has 1 heterocycles. The predicted molar refractivity (Wildman–Crippen MR) is 135 cm³/mol. The lowest BCUT2D eigenvalue weighted by Gasteiger charge is -2.40. The SMILES string of the molecule is COC(=O)C[C@H](NC(=O)CNC(=O)c1cc(O)cc(NC2=NCC(F)CN2)c1)c1cccc(S(F)(F)(F)(F)F)c1. The van der Waals surface area contributed by atoms with E-state index < -0.39 is 63.6 Å². The third kappa shape index (κ3) is 8.69. The van der Waals surface area contributed by atoms with E-state index >= 15 is 0 Å². The smallest absolute Gasteiger partial charge is 0.310 e. The third-order valence-corrected chi connectivity index (χ3v) is 6.58. The number of hydrogen-bond donors (Lipinski definition) is 5. The van der Waals surface area contributed by atoms with E-state index in [0.717, 1.165) is 19.2 Å². The maximum absolute atomic E-state index is 13.3. The number of halogens is 6. The quantitative estimate of drug-likeness (QED) is 0.218. The average Bonchev–Trinajstić information content (AvgIpc) is 2.86. The molecular formula is C23H25F6N5O5S. The lowest BCUT2D eigenvalue weighted by atomic mass is 10.0. The van der Waals surface area contributed by atoms with E-state index in [4.69, 9.17) is 0 Å². The first-order valence-electron chi connectivity index (χ1n) is 11.5. The zero-order valence-electron chi connectivity index (χ0n) is 20.7. The normalized spacial score (nSPS) is 17.7. The monoisotopic (exact) mass is 597 g/mol. The summed E-state index contributed by atoms with van der Waals surface area (Å²) in [5.74, 6) is -2.90. The highest BCUT2D eigenvalue weighted by atomic mass is 32.5. The lowest BCUT2D eigenvalue weighted by molar-refractivity contribution is -0.141. The van der Waals surface area contributed by atoms with Crippen molar-refractivity contribution < 1.29 is 48.0 Å². The summed E-state index contributed by atoms with van der Waals surface area (Å²) in [4.78, 5) is 38.6. The Hall–Kier alpha value is -4.15. The van der Waals surface area contributed by atoms with E-state index in [1.165, 1.54) is 12.1 Å². The van der Waals surface area contributed by atoms with Crippen molar-refractivity contribution in [2.45, 2.75) is 23.5 Å². The van der Waals surface area contributed by atoms with Crippen molar-refractivity contribution in [3.05, 3.63) is 53.6 Å². The minimum absolute atomic E-state index is 0.00829. The van der Waals surface area contributed by atoms with E-state index in [1.807, 2.05) is 0 Å². The van der Waals surface area contributed by atoms with Gasteiger partial charge in [0, 0.05) is 17.3 Å². The number of amides is 2. The van der Waals surface area contributed by atoms with Crippen molar-refractivity contribution >= 4 is 39.7 Å². The molecule has 1 unspecified atom stereocenters. The number of ether oxygens (including phenoxy) is 1. The van der Waals surface area contributed by atoms with Crippen molar-refractivity contribution in [3.63, 3.8) is 0 Å². The number of carbonyl (C=O) groups is 3. The van der Waals surface area contributed by atoms with E-state index in [0.29, 0.717) is 6.07 Å². The van der Waals surface area contributed by atoms with Gasteiger partial charge in [-0.3, -0.25) is 14.4 Å². The molecule has 0 saturated carbocycles. The van der Waals surface area contributed by atoms with Gasteiger partial charge in [-0.2, -0.15) is 0 Å². The predicted octanol–water partition coefficient (Wildman–Crippen LogP) is 3.91. The molecule has 0 spiro atoms. The van der Waals surface area contributed by atoms with Gasteiger partial charge in [-0.05, 0) is 29.8 Å². The second-order valence-electron chi connectivity index (χ2n) is 8.69. The first-order valence-corrected chi connectivity index (χ1v) is 13.4. The van der Waals surface area contributed by atoms with Gasteiger partial charge in [0.1, 0.15) is 16.8 Å². The van der Waals surface area contributed by atoms with Crippen molar-refractivity contribution in [1.29, 1.82) is 0 Å². The fourth-order valence-electron chi connectivity index (χ4n) is 3.53. The molecule has 1 aliphatic heterocycles. The summed E-state index contributed by atoms with van der Waals surface area (Å²) in [6, 6.07) is 4.17. The van der Waals surface area contributed by atoms with E-state index in [2.05, 4.69) is 31.0 Å². The lowest BCUT2D eigenvalue weighted by Crippen LogP contribution is -2.41. The number of aliphatic imine (C=N–C) groups is 1. The van der Waals surface area contributed by atoms with Crippen molar-refractivity contribution in [2.75, 3.05) is 32.1 Å². The van der Waals surface area contributed by atoms with Gasteiger partial charge < -0.3 is 31.1 Å². The fraction of sp³-hybridized carbons (Fsp3) is 0.304. The summed E-state index contributed by atoms with van der Waals surface area (Å²) in [6.07, 6.45) is -1.85. The molecule has 3 rings (SSSR count). The summed E-state index contributed by atoms with van der Waals surface area (Å²) < 4.78 is 84.1. The number of benzene rings is 2. The molecule has 2 atom stereocenters. The minimum Gasteiger partial charge on any atom is -0.508 e. The molecule has 220 valence electrons. The summed E-state index contributed by atoms with van der Waals surface area (Å²) in [5.41, 5.74) is -0.345. The number of hydrogen-bond acceptors (Lipinski definition) is 8. The highest BCUT2D eigenvalue weighted by Gasteiger charge is 2.65. The van der Waals surface area contributed by atoms with Crippen LogP contribution in [0.25, 0.3) is 0 Å². The Morgan fingerprint density at radius 3 is 2.50 bits per heavy atom. The number of nitrogens with one attached hydrogen (secondary N) is 4. The second kappa shape index (κ2) is 10.8. The zero-order valence-corrected chi connectivity index (χ0v) is 21.5. The van der Waals surface area contributed by atoms with E-state index in [-0.39, 0.29) is 48.2 Å². The Balaban J connectivity index is 1.70. The van der Waals surface area contributed by atoms with E-state index in [9.17, 15) is 43.3 Å². The maximum Gasteiger partial charge on any atom is 0.310 e.